The molecule has 13 rings (SSSR count). The third kappa shape index (κ3) is 6.65. The van der Waals surface area contributed by atoms with Gasteiger partial charge in [0.1, 0.15) is 0 Å². The van der Waals surface area contributed by atoms with Crippen LogP contribution in [0.3, 0.4) is 0 Å². The molecule has 1 aliphatic carbocycles. The predicted octanol–water partition coefficient (Wildman–Crippen LogP) is 15.4. The first kappa shape index (κ1) is 39.4. The molecule has 0 spiro atoms. The van der Waals surface area contributed by atoms with Crippen LogP contribution in [-0.2, 0) is 0 Å². The van der Waals surface area contributed by atoms with Crippen LogP contribution in [0.1, 0.15) is 24.1 Å². The second-order valence-corrected chi connectivity index (χ2v) is 17.3. The number of hydrogen-bond donors (Lipinski definition) is 0. The molecule has 0 unspecified atom stereocenters. The molecular formula is C62H42N6. The maximum atomic E-state index is 5.00. The Bertz CT molecular complexity index is 3960. The largest absolute Gasteiger partial charge is 0.309 e. The van der Waals surface area contributed by atoms with Crippen LogP contribution in [0.25, 0.3) is 111 Å². The number of aromatic nitrogens is 6. The molecule has 1 aliphatic rings. The number of pyridine rings is 4. The van der Waals surface area contributed by atoms with Gasteiger partial charge < -0.3 is 9.13 Å². The third-order valence-electron chi connectivity index (χ3n) is 13.4. The Morgan fingerprint density at radius 1 is 0.309 bits per heavy atom. The summed E-state index contributed by atoms with van der Waals surface area (Å²) in [7, 11) is 0. The number of nitrogens with zero attached hydrogens (tertiary/aromatic N) is 6. The fourth-order valence-corrected chi connectivity index (χ4v) is 10.4. The Hall–Kier alpha value is -9.00. The van der Waals surface area contributed by atoms with Crippen LogP contribution in [0.5, 0.6) is 0 Å². The van der Waals surface area contributed by atoms with Gasteiger partial charge in [0, 0.05) is 69.0 Å². The standard InChI is InChI=1S/C62H42N6/c1-4-20-49(55-23-7-10-33-63-55)46(17-1)41-27-30-58-52(37-41)53-38-42(47-18-2-5-21-50(47)56-24-8-11-34-64-56)28-31-59(53)67(58)44-15-13-16-45(40-44)68-60-32-29-43(39-54(60)62-61(68)26-14-36-66-62)48-19-3-6-22-51(48)57-25-9-12-35-65-57/h1,3-4,6-40H,2,5H2. The third-order valence-corrected chi connectivity index (χ3v) is 13.4. The molecule has 320 valence electrons. The molecule has 12 aromatic rings. The van der Waals surface area contributed by atoms with E-state index in [2.05, 4.69) is 185 Å². The molecule has 0 aliphatic heterocycles. The lowest BCUT2D eigenvalue weighted by atomic mass is 9.89. The van der Waals surface area contributed by atoms with Gasteiger partial charge in [0.25, 0.3) is 0 Å². The van der Waals surface area contributed by atoms with Crippen LogP contribution in [0.4, 0.5) is 0 Å². The molecule has 0 saturated carbocycles. The zero-order valence-corrected chi connectivity index (χ0v) is 37.0. The SMILES string of the molecule is C1=C(c2ccc3c(c2)c2cc(-c4ccccc4-c4ccccn4)ccc2n3-c2cccc(-n3c4ccc(-c5ccccc5-c5ccccn5)cc4c4ncccc43)c2)C(c2ccccn2)=CCC1. The lowest BCUT2D eigenvalue weighted by Crippen LogP contribution is -1.99. The fraction of sp³-hybridized carbons (Fsp3) is 0.0323. The highest BCUT2D eigenvalue weighted by atomic mass is 15.0. The molecule has 6 aromatic heterocycles. The molecule has 68 heavy (non-hydrogen) atoms. The summed E-state index contributed by atoms with van der Waals surface area (Å²) in [5.74, 6) is 0. The summed E-state index contributed by atoms with van der Waals surface area (Å²) in [6.45, 7) is 0. The summed E-state index contributed by atoms with van der Waals surface area (Å²) in [6.07, 6.45) is 14.2. The van der Waals surface area contributed by atoms with E-state index in [4.69, 9.17) is 19.9 Å². The molecule has 0 N–H and O–H groups in total. The highest BCUT2D eigenvalue weighted by molar-refractivity contribution is 6.14. The molecule has 6 nitrogen and oxygen atoms in total. The molecule has 6 heterocycles. The van der Waals surface area contributed by atoms with E-state index in [0.29, 0.717) is 0 Å². The summed E-state index contributed by atoms with van der Waals surface area (Å²) >= 11 is 0. The lowest BCUT2D eigenvalue weighted by Gasteiger charge is -2.17. The van der Waals surface area contributed by atoms with Gasteiger partial charge in [-0.1, -0.05) is 103 Å². The van der Waals surface area contributed by atoms with Crippen LogP contribution < -0.4 is 0 Å². The zero-order chi connectivity index (χ0) is 45.0. The first-order chi connectivity index (χ1) is 33.7. The lowest BCUT2D eigenvalue weighted by molar-refractivity contribution is 1.04. The second kappa shape index (κ2) is 16.5. The Balaban J connectivity index is 0.990. The second-order valence-electron chi connectivity index (χ2n) is 17.3. The summed E-state index contributed by atoms with van der Waals surface area (Å²) in [4.78, 5) is 19.2. The Labute approximate surface area is 393 Å². The van der Waals surface area contributed by atoms with Gasteiger partial charge in [0.15, 0.2) is 0 Å². The Morgan fingerprint density at radius 3 is 1.37 bits per heavy atom. The maximum Gasteiger partial charge on any atom is 0.0963 e. The number of allylic oxidation sites excluding steroid dienone is 4. The quantitative estimate of drug-likeness (QED) is 0.153. The van der Waals surface area contributed by atoms with Crippen LogP contribution in [0.15, 0.2) is 231 Å². The topological polar surface area (TPSA) is 61.4 Å². The maximum absolute atomic E-state index is 5.00. The van der Waals surface area contributed by atoms with Crippen LogP contribution in [-0.4, -0.2) is 29.1 Å². The van der Waals surface area contributed by atoms with Gasteiger partial charge in [-0.2, -0.15) is 0 Å². The highest BCUT2D eigenvalue weighted by Gasteiger charge is 2.21. The van der Waals surface area contributed by atoms with Crippen molar-refractivity contribution in [2.24, 2.45) is 0 Å². The number of hydrogen-bond acceptors (Lipinski definition) is 4. The van der Waals surface area contributed by atoms with Crippen LogP contribution in [0.2, 0.25) is 0 Å². The predicted molar refractivity (Wildman–Crippen MR) is 280 cm³/mol. The van der Waals surface area contributed by atoms with E-state index in [-0.39, 0.29) is 0 Å². The van der Waals surface area contributed by atoms with E-state index in [1.54, 1.807) is 0 Å². The van der Waals surface area contributed by atoms with Crippen molar-refractivity contribution in [3.63, 3.8) is 0 Å². The van der Waals surface area contributed by atoms with Crippen molar-refractivity contribution < 1.29 is 0 Å². The Morgan fingerprint density at radius 2 is 0.779 bits per heavy atom. The van der Waals surface area contributed by atoms with Gasteiger partial charge in [-0.3, -0.25) is 19.9 Å². The number of rotatable bonds is 8. The monoisotopic (exact) mass is 870 g/mol. The van der Waals surface area contributed by atoms with E-state index in [9.17, 15) is 0 Å². The molecule has 0 saturated heterocycles. The van der Waals surface area contributed by atoms with E-state index in [1.807, 2.05) is 55.1 Å². The Kier molecular flexibility index (Phi) is 9.53. The van der Waals surface area contributed by atoms with Gasteiger partial charge in [-0.05, 0) is 149 Å². The van der Waals surface area contributed by atoms with Crippen molar-refractivity contribution in [3.8, 4) is 56.1 Å². The van der Waals surface area contributed by atoms with Crippen LogP contribution >= 0.6 is 0 Å². The van der Waals surface area contributed by atoms with Crippen molar-refractivity contribution in [3.05, 3.63) is 242 Å². The molecule has 0 bridgehead atoms. The average molecular weight is 871 g/mol. The number of benzene rings is 6. The molecule has 0 radical (unpaired) electrons. The van der Waals surface area contributed by atoms with Gasteiger partial charge in [0.2, 0.25) is 0 Å². The minimum atomic E-state index is 0.949. The molecule has 6 aromatic carbocycles. The highest BCUT2D eigenvalue weighted by Crippen LogP contribution is 2.42. The fourth-order valence-electron chi connectivity index (χ4n) is 10.4. The summed E-state index contributed by atoms with van der Waals surface area (Å²) in [6, 6.07) is 69.2. The summed E-state index contributed by atoms with van der Waals surface area (Å²) < 4.78 is 4.78. The van der Waals surface area contributed by atoms with E-state index >= 15 is 0 Å². The van der Waals surface area contributed by atoms with Crippen molar-refractivity contribution in [1.82, 2.24) is 29.1 Å². The van der Waals surface area contributed by atoms with E-state index < -0.39 is 0 Å². The normalized spacial score (nSPS) is 12.8. The van der Waals surface area contributed by atoms with Gasteiger partial charge in [0.05, 0.1) is 44.7 Å². The molecular weight excluding hydrogens is 829 g/mol. The number of fused-ring (bicyclic) bond motifs is 6. The molecule has 6 heteroatoms. The van der Waals surface area contributed by atoms with Gasteiger partial charge in [-0.15, -0.1) is 0 Å². The van der Waals surface area contributed by atoms with E-state index in [0.717, 1.165) is 108 Å². The van der Waals surface area contributed by atoms with Crippen molar-refractivity contribution in [2.45, 2.75) is 12.8 Å². The molecule has 0 atom stereocenters. The van der Waals surface area contributed by atoms with Gasteiger partial charge >= 0.3 is 0 Å². The van der Waals surface area contributed by atoms with Gasteiger partial charge in [-0.25, -0.2) is 0 Å². The summed E-state index contributed by atoms with van der Waals surface area (Å²) in [5, 5.41) is 3.46. The average Bonchev–Trinajstić information content (AvgIpc) is 3.93. The zero-order valence-electron chi connectivity index (χ0n) is 37.0. The minimum absolute atomic E-state index is 0.949. The first-order valence-electron chi connectivity index (χ1n) is 23.2. The smallest absolute Gasteiger partial charge is 0.0963 e. The molecule has 0 amide bonds. The van der Waals surface area contributed by atoms with Crippen molar-refractivity contribution in [2.75, 3.05) is 0 Å². The molecule has 0 fully saturated rings. The minimum Gasteiger partial charge on any atom is -0.309 e. The van der Waals surface area contributed by atoms with Crippen LogP contribution in [0, 0.1) is 0 Å². The van der Waals surface area contributed by atoms with Crippen molar-refractivity contribution >= 4 is 54.9 Å². The van der Waals surface area contributed by atoms with Crippen molar-refractivity contribution in [1.29, 1.82) is 0 Å². The summed E-state index contributed by atoms with van der Waals surface area (Å²) in [5.41, 5.74) is 20.7. The first-order valence-corrected chi connectivity index (χ1v) is 23.2. The van der Waals surface area contributed by atoms with E-state index in [1.165, 1.54) is 27.5 Å².